The van der Waals surface area contributed by atoms with E-state index in [1.54, 1.807) is 12.1 Å². The summed E-state index contributed by atoms with van der Waals surface area (Å²) in [5.74, 6) is -0.914. The van der Waals surface area contributed by atoms with Crippen molar-refractivity contribution in [2.24, 2.45) is 0 Å². The normalized spacial score (nSPS) is 15.4. The molecule has 0 bridgehead atoms. The Labute approximate surface area is 172 Å². The first-order valence-corrected chi connectivity index (χ1v) is 11.2. The number of sulfone groups is 1. The zero-order valence-electron chi connectivity index (χ0n) is 16.4. The highest BCUT2D eigenvalue weighted by Gasteiger charge is 2.34. The Kier molecular flexibility index (Phi) is 6.86. The number of nitrogens with one attached hydrogen (secondary N) is 1. The first-order valence-electron chi connectivity index (χ1n) is 9.37. The third kappa shape index (κ3) is 5.85. The van der Waals surface area contributed by atoms with Crippen LogP contribution in [0.5, 0.6) is 11.5 Å². The van der Waals surface area contributed by atoms with Gasteiger partial charge in [0.25, 0.3) is 0 Å². The van der Waals surface area contributed by atoms with E-state index in [0.29, 0.717) is 17.0 Å². The van der Waals surface area contributed by atoms with E-state index in [1.165, 1.54) is 13.4 Å². The molecule has 0 spiro atoms. The van der Waals surface area contributed by atoms with Gasteiger partial charge in [0.2, 0.25) is 0 Å². The molecule has 30 heavy (non-hydrogen) atoms. The van der Waals surface area contributed by atoms with Crippen LogP contribution in [-0.2, 0) is 9.84 Å². The van der Waals surface area contributed by atoms with Crippen LogP contribution in [0, 0.1) is 0 Å². The number of nitrogens with zero attached hydrogens (tertiary/aromatic N) is 3. The highest BCUT2D eigenvalue weighted by atomic mass is 32.2. The summed E-state index contributed by atoms with van der Waals surface area (Å²) >= 11 is 0. The Morgan fingerprint density at radius 2 is 1.90 bits per heavy atom. The van der Waals surface area contributed by atoms with E-state index in [0.717, 1.165) is 37.4 Å². The fourth-order valence-corrected chi connectivity index (χ4v) is 4.43. The summed E-state index contributed by atoms with van der Waals surface area (Å²) < 4.78 is 70.9. The Bertz CT molecular complexity index is 979. The van der Waals surface area contributed by atoms with E-state index < -0.39 is 27.5 Å². The summed E-state index contributed by atoms with van der Waals surface area (Å²) in [4.78, 5) is 10.8. The second kappa shape index (κ2) is 9.21. The van der Waals surface area contributed by atoms with Crippen LogP contribution in [0.15, 0.2) is 18.5 Å². The van der Waals surface area contributed by atoms with Gasteiger partial charge in [-0.3, -0.25) is 0 Å². The maximum atomic E-state index is 12.3. The van der Waals surface area contributed by atoms with Crippen LogP contribution >= 0.6 is 0 Å². The van der Waals surface area contributed by atoms with Crippen molar-refractivity contribution in [2.45, 2.75) is 12.6 Å². The lowest BCUT2D eigenvalue weighted by Crippen LogP contribution is -2.44. The molecule has 0 saturated carbocycles. The lowest BCUT2D eigenvalue weighted by atomic mass is 10.2. The molecule has 1 aliphatic rings. The van der Waals surface area contributed by atoms with Crippen LogP contribution in [0.2, 0.25) is 0 Å². The Morgan fingerprint density at radius 1 is 1.17 bits per heavy atom. The number of benzene rings is 1. The largest absolute Gasteiger partial charge is 0.493 e. The number of alkyl halides is 3. The number of hydrogen-bond acceptors (Lipinski definition) is 8. The number of aromatic nitrogens is 2. The molecule has 8 nitrogen and oxygen atoms in total. The number of hydrogen-bond donors (Lipinski definition) is 1. The predicted octanol–water partition coefficient (Wildman–Crippen LogP) is 1.79. The van der Waals surface area contributed by atoms with E-state index in [-0.39, 0.29) is 13.0 Å². The average molecular weight is 448 g/mol. The molecule has 1 aromatic carbocycles. The average Bonchev–Trinajstić information content (AvgIpc) is 2.69. The van der Waals surface area contributed by atoms with Gasteiger partial charge in [0.1, 0.15) is 17.9 Å². The topological polar surface area (TPSA) is 93.7 Å². The highest BCUT2D eigenvalue weighted by Crippen LogP contribution is 2.35. The molecule has 1 aliphatic heterocycles. The molecule has 2 heterocycles. The van der Waals surface area contributed by atoms with Gasteiger partial charge in [0, 0.05) is 37.6 Å². The minimum absolute atomic E-state index is 0.0740. The minimum Gasteiger partial charge on any atom is -0.493 e. The van der Waals surface area contributed by atoms with Crippen LogP contribution < -0.4 is 19.7 Å². The molecule has 1 saturated heterocycles. The van der Waals surface area contributed by atoms with Gasteiger partial charge in [-0.2, -0.15) is 13.2 Å². The van der Waals surface area contributed by atoms with Gasteiger partial charge in [-0.15, -0.1) is 0 Å². The van der Waals surface area contributed by atoms with E-state index >= 15 is 0 Å². The zero-order valence-corrected chi connectivity index (χ0v) is 17.2. The van der Waals surface area contributed by atoms with Gasteiger partial charge in [-0.1, -0.05) is 0 Å². The van der Waals surface area contributed by atoms with Crippen molar-refractivity contribution >= 4 is 26.6 Å². The molecule has 0 aliphatic carbocycles. The quantitative estimate of drug-likeness (QED) is 0.611. The first kappa shape index (κ1) is 22.3. The maximum Gasteiger partial charge on any atom is 0.402 e. The van der Waals surface area contributed by atoms with Crippen LogP contribution in [0.1, 0.15) is 6.42 Å². The molecule has 0 atom stereocenters. The van der Waals surface area contributed by atoms with Crippen LogP contribution in [-0.4, -0.2) is 76.0 Å². The van der Waals surface area contributed by atoms with Crippen molar-refractivity contribution in [1.82, 2.24) is 15.3 Å². The van der Waals surface area contributed by atoms with Gasteiger partial charge >= 0.3 is 6.18 Å². The van der Waals surface area contributed by atoms with Gasteiger partial charge in [0.15, 0.2) is 21.3 Å². The summed E-state index contributed by atoms with van der Waals surface area (Å²) in [7, 11) is -2.76. The standard InChI is InChI=1S/C18H23F3N4O4S/c1-28-15-9-13-14(23-12-24-17(13)25-5-3-22-4-6-25)10-16(15)29-7-2-8-30(26,27)11-18(19,20)21/h9-10,12,22H,2-8,11H2,1H3. The molecule has 166 valence electrons. The third-order valence-electron chi connectivity index (χ3n) is 4.56. The lowest BCUT2D eigenvalue weighted by Gasteiger charge is -2.29. The molecule has 0 amide bonds. The molecular weight excluding hydrogens is 425 g/mol. The van der Waals surface area contributed by atoms with Gasteiger partial charge in [-0.05, 0) is 12.5 Å². The van der Waals surface area contributed by atoms with E-state index in [9.17, 15) is 21.6 Å². The second-order valence-electron chi connectivity index (χ2n) is 6.86. The predicted molar refractivity (Wildman–Crippen MR) is 106 cm³/mol. The van der Waals surface area contributed by atoms with E-state index in [1.807, 2.05) is 0 Å². The number of fused-ring (bicyclic) bond motifs is 1. The number of rotatable bonds is 8. The fraction of sp³-hybridized carbons (Fsp3) is 0.556. The van der Waals surface area contributed by atoms with Crippen molar-refractivity contribution in [2.75, 3.05) is 56.3 Å². The van der Waals surface area contributed by atoms with Crippen LogP contribution in [0.25, 0.3) is 10.9 Å². The summed E-state index contributed by atoms with van der Waals surface area (Å²) in [6, 6.07) is 3.41. The van der Waals surface area contributed by atoms with E-state index in [2.05, 4.69) is 20.2 Å². The monoisotopic (exact) mass is 448 g/mol. The van der Waals surface area contributed by atoms with Crippen molar-refractivity contribution in [1.29, 1.82) is 0 Å². The maximum absolute atomic E-state index is 12.3. The lowest BCUT2D eigenvalue weighted by molar-refractivity contribution is -0.106. The van der Waals surface area contributed by atoms with Crippen molar-refractivity contribution in [3.8, 4) is 11.5 Å². The van der Waals surface area contributed by atoms with Crippen molar-refractivity contribution < 1.29 is 31.1 Å². The summed E-state index contributed by atoms with van der Waals surface area (Å²) in [5.41, 5.74) is 0.624. The Hall–Kier alpha value is -2.34. The molecule has 1 N–H and O–H groups in total. The minimum atomic E-state index is -4.75. The molecule has 0 unspecified atom stereocenters. The zero-order chi connectivity index (χ0) is 21.8. The summed E-state index contributed by atoms with van der Waals surface area (Å²) in [6.07, 6.45) is -3.36. The second-order valence-corrected chi connectivity index (χ2v) is 9.05. The van der Waals surface area contributed by atoms with Crippen molar-refractivity contribution in [3.63, 3.8) is 0 Å². The number of ether oxygens (including phenoxy) is 2. The smallest absolute Gasteiger partial charge is 0.402 e. The molecule has 1 fully saturated rings. The number of anilines is 1. The molecular formula is C18H23F3N4O4S. The number of halogens is 3. The van der Waals surface area contributed by atoms with Crippen molar-refractivity contribution in [3.05, 3.63) is 18.5 Å². The molecule has 0 radical (unpaired) electrons. The highest BCUT2D eigenvalue weighted by molar-refractivity contribution is 7.91. The molecule has 12 heteroatoms. The fourth-order valence-electron chi connectivity index (χ4n) is 3.23. The molecule has 2 aromatic rings. The third-order valence-corrected chi connectivity index (χ3v) is 6.23. The Balaban J connectivity index is 1.72. The number of piperazine rings is 1. The van der Waals surface area contributed by atoms with Gasteiger partial charge < -0.3 is 19.7 Å². The SMILES string of the molecule is COc1cc2c(N3CCNCC3)ncnc2cc1OCCCS(=O)(=O)CC(F)(F)F. The number of methoxy groups -OCH3 is 1. The van der Waals surface area contributed by atoms with Gasteiger partial charge in [0.05, 0.1) is 25.0 Å². The summed E-state index contributed by atoms with van der Waals surface area (Å²) in [5, 5.41) is 4.07. The van der Waals surface area contributed by atoms with E-state index in [4.69, 9.17) is 9.47 Å². The van der Waals surface area contributed by atoms with Gasteiger partial charge in [-0.25, -0.2) is 18.4 Å². The molecule has 3 rings (SSSR count). The Morgan fingerprint density at radius 3 is 2.57 bits per heavy atom. The van der Waals surface area contributed by atoms with Crippen LogP contribution in [0.3, 0.4) is 0 Å². The molecule has 1 aromatic heterocycles. The van der Waals surface area contributed by atoms with Crippen LogP contribution in [0.4, 0.5) is 19.0 Å². The summed E-state index contributed by atoms with van der Waals surface area (Å²) in [6.45, 7) is 3.23. The first-order chi connectivity index (χ1) is 14.2.